The number of nitrogens with zero attached hydrogens (tertiary/aromatic N) is 2. The molecule has 1 N–H and O–H groups in total. The molecule has 0 amide bonds. The first-order valence-corrected chi connectivity index (χ1v) is 8.44. The van der Waals surface area contributed by atoms with Crippen molar-refractivity contribution >= 4 is 33.0 Å². The van der Waals surface area contributed by atoms with Crippen LogP contribution in [-0.4, -0.2) is 18.0 Å². The number of benzene rings is 2. The van der Waals surface area contributed by atoms with E-state index in [1.165, 1.54) is 24.6 Å². The van der Waals surface area contributed by atoms with E-state index in [1.54, 1.807) is 12.1 Å². The third-order valence-electron chi connectivity index (χ3n) is 4.05. The van der Waals surface area contributed by atoms with E-state index in [0.29, 0.717) is 16.7 Å². The van der Waals surface area contributed by atoms with E-state index < -0.39 is 0 Å². The summed E-state index contributed by atoms with van der Waals surface area (Å²) in [5.41, 5.74) is 2.96. The molecule has 23 heavy (non-hydrogen) atoms. The number of nitro groups is 1. The third kappa shape index (κ3) is 3.82. The van der Waals surface area contributed by atoms with Crippen LogP contribution in [0, 0.1) is 10.1 Å². The quantitative estimate of drug-likeness (QED) is 0.614. The van der Waals surface area contributed by atoms with Gasteiger partial charge in [-0.15, -0.1) is 0 Å². The lowest BCUT2D eigenvalue weighted by atomic mass is 10.2. The van der Waals surface area contributed by atoms with E-state index >= 15 is 0 Å². The highest BCUT2D eigenvalue weighted by Crippen LogP contribution is 2.28. The summed E-state index contributed by atoms with van der Waals surface area (Å²) in [5.74, 6) is 0. The van der Waals surface area contributed by atoms with E-state index in [-0.39, 0.29) is 10.6 Å². The van der Waals surface area contributed by atoms with E-state index in [0.717, 1.165) is 18.7 Å². The van der Waals surface area contributed by atoms with Gasteiger partial charge in [0.25, 0.3) is 5.69 Å². The van der Waals surface area contributed by atoms with Crippen molar-refractivity contribution in [1.82, 2.24) is 0 Å². The predicted octanol–water partition coefficient (Wildman–Crippen LogP) is 4.57. The third-order valence-corrected chi connectivity index (χ3v) is 4.54. The monoisotopic (exact) mass is 375 g/mol. The number of hydrogen-bond donors (Lipinski definition) is 1. The first-order valence-electron chi connectivity index (χ1n) is 7.65. The Hall–Kier alpha value is -2.08. The smallest absolute Gasteiger partial charge is 0.293 e. The van der Waals surface area contributed by atoms with Crippen molar-refractivity contribution in [2.45, 2.75) is 19.4 Å². The molecule has 2 aromatic carbocycles. The van der Waals surface area contributed by atoms with E-state index in [2.05, 4.69) is 50.4 Å². The lowest BCUT2D eigenvalue weighted by Crippen LogP contribution is -2.17. The summed E-state index contributed by atoms with van der Waals surface area (Å²) in [6.45, 7) is 2.81. The minimum Gasteiger partial charge on any atom is -0.375 e. The van der Waals surface area contributed by atoms with Gasteiger partial charge in [-0.3, -0.25) is 10.1 Å². The number of rotatable bonds is 5. The molecule has 6 heteroatoms. The zero-order valence-electron chi connectivity index (χ0n) is 12.7. The Morgan fingerprint density at radius 3 is 2.48 bits per heavy atom. The van der Waals surface area contributed by atoms with Crippen molar-refractivity contribution in [3.05, 3.63) is 62.6 Å². The molecule has 1 fully saturated rings. The Morgan fingerprint density at radius 1 is 1.13 bits per heavy atom. The molecular weight excluding hydrogens is 358 g/mol. The first kappa shape index (κ1) is 15.8. The van der Waals surface area contributed by atoms with Crippen LogP contribution in [0.25, 0.3) is 0 Å². The summed E-state index contributed by atoms with van der Waals surface area (Å²) in [5, 5.41) is 14.3. The average molecular weight is 376 g/mol. The van der Waals surface area contributed by atoms with Gasteiger partial charge in [0.2, 0.25) is 0 Å². The van der Waals surface area contributed by atoms with Gasteiger partial charge in [-0.2, -0.15) is 0 Å². The highest BCUT2D eigenvalue weighted by molar-refractivity contribution is 9.10. The number of hydrogen-bond acceptors (Lipinski definition) is 4. The molecule has 1 aliphatic rings. The van der Waals surface area contributed by atoms with Crippen LogP contribution in [-0.2, 0) is 6.54 Å². The Balaban J connectivity index is 1.67. The van der Waals surface area contributed by atoms with Crippen LogP contribution >= 0.6 is 15.9 Å². The Kier molecular flexibility index (Phi) is 4.81. The molecule has 0 atom stereocenters. The number of nitrogens with one attached hydrogen (secondary N) is 1. The molecule has 0 aromatic heterocycles. The SMILES string of the molecule is O=[N+]([O-])c1cc(Br)ccc1NCc1ccc(N2CCCC2)cc1. The van der Waals surface area contributed by atoms with Crippen molar-refractivity contribution in [1.29, 1.82) is 0 Å². The molecule has 0 radical (unpaired) electrons. The summed E-state index contributed by atoms with van der Waals surface area (Å²) in [7, 11) is 0. The van der Waals surface area contributed by atoms with Crippen LogP contribution in [0.1, 0.15) is 18.4 Å². The first-order chi connectivity index (χ1) is 11.1. The van der Waals surface area contributed by atoms with Crippen LogP contribution in [0.15, 0.2) is 46.9 Å². The van der Waals surface area contributed by atoms with Crippen LogP contribution < -0.4 is 10.2 Å². The Labute approximate surface area is 143 Å². The molecule has 0 saturated carbocycles. The molecule has 2 aromatic rings. The van der Waals surface area contributed by atoms with Gasteiger partial charge in [0.05, 0.1) is 4.92 Å². The highest BCUT2D eigenvalue weighted by atomic mass is 79.9. The molecule has 0 unspecified atom stereocenters. The zero-order chi connectivity index (χ0) is 16.2. The fourth-order valence-electron chi connectivity index (χ4n) is 2.80. The Bertz CT molecular complexity index is 697. The average Bonchev–Trinajstić information content (AvgIpc) is 3.08. The van der Waals surface area contributed by atoms with Crippen molar-refractivity contribution in [2.75, 3.05) is 23.3 Å². The van der Waals surface area contributed by atoms with Gasteiger partial charge in [-0.25, -0.2) is 0 Å². The van der Waals surface area contributed by atoms with Gasteiger partial charge < -0.3 is 10.2 Å². The van der Waals surface area contributed by atoms with Gasteiger partial charge >= 0.3 is 0 Å². The minimum absolute atomic E-state index is 0.0769. The zero-order valence-corrected chi connectivity index (χ0v) is 14.3. The number of anilines is 2. The molecule has 120 valence electrons. The predicted molar refractivity (Wildman–Crippen MR) is 96.0 cm³/mol. The topological polar surface area (TPSA) is 58.4 Å². The largest absolute Gasteiger partial charge is 0.375 e. The fraction of sp³-hybridized carbons (Fsp3) is 0.294. The standard InChI is InChI=1S/C17H18BrN3O2/c18-14-5-8-16(17(11-14)21(22)23)19-12-13-3-6-15(7-4-13)20-9-1-2-10-20/h3-8,11,19H,1-2,9-10,12H2. The summed E-state index contributed by atoms with van der Waals surface area (Å²) in [6, 6.07) is 13.4. The molecule has 1 saturated heterocycles. The minimum atomic E-state index is -0.371. The maximum Gasteiger partial charge on any atom is 0.293 e. The molecule has 0 spiro atoms. The lowest BCUT2D eigenvalue weighted by molar-refractivity contribution is -0.384. The van der Waals surface area contributed by atoms with Crippen molar-refractivity contribution in [3.8, 4) is 0 Å². The van der Waals surface area contributed by atoms with Crippen molar-refractivity contribution in [3.63, 3.8) is 0 Å². The van der Waals surface area contributed by atoms with E-state index in [9.17, 15) is 10.1 Å². The summed E-state index contributed by atoms with van der Waals surface area (Å²) >= 11 is 3.26. The molecule has 1 heterocycles. The molecule has 3 rings (SSSR count). The van der Waals surface area contributed by atoms with Crippen LogP contribution in [0.2, 0.25) is 0 Å². The Morgan fingerprint density at radius 2 is 1.83 bits per heavy atom. The van der Waals surface area contributed by atoms with Gasteiger partial charge in [0.15, 0.2) is 0 Å². The molecule has 0 bridgehead atoms. The molecule has 1 aliphatic heterocycles. The van der Waals surface area contributed by atoms with Crippen LogP contribution in [0.4, 0.5) is 17.1 Å². The summed E-state index contributed by atoms with van der Waals surface area (Å²) in [6.07, 6.45) is 2.52. The second-order valence-corrected chi connectivity index (χ2v) is 6.55. The molecule has 0 aliphatic carbocycles. The van der Waals surface area contributed by atoms with Gasteiger partial charge in [0.1, 0.15) is 5.69 Å². The lowest BCUT2D eigenvalue weighted by Gasteiger charge is -2.17. The van der Waals surface area contributed by atoms with Gasteiger partial charge in [-0.05, 0) is 42.7 Å². The molecular formula is C17H18BrN3O2. The summed E-state index contributed by atoms with van der Waals surface area (Å²) < 4.78 is 0.699. The fourth-order valence-corrected chi connectivity index (χ4v) is 3.15. The van der Waals surface area contributed by atoms with Crippen molar-refractivity contribution < 1.29 is 4.92 Å². The van der Waals surface area contributed by atoms with Crippen LogP contribution in [0.5, 0.6) is 0 Å². The summed E-state index contributed by atoms with van der Waals surface area (Å²) in [4.78, 5) is 13.1. The van der Waals surface area contributed by atoms with E-state index in [1.807, 2.05) is 0 Å². The second-order valence-electron chi connectivity index (χ2n) is 5.63. The number of halogens is 1. The maximum absolute atomic E-state index is 11.1. The highest BCUT2D eigenvalue weighted by Gasteiger charge is 2.14. The second kappa shape index (κ2) is 7.00. The van der Waals surface area contributed by atoms with Crippen LogP contribution in [0.3, 0.4) is 0 Å². The van der Waals surface area contributed by atoms with E-state index in [4.69, 9.17) is 0 Å². The maximum atomic E-state index is 11.1. The van der Waals surface area contributed by atoms with Gasteiger partial charge in [-0.1, -0.05) is 28.1 Å². The van der Waals surface area contributed by atoms with Crippen molar-refractivity contribution in [2.24, 2.45) is 0 Å². The van der Waals surface area contributed by atoms with Gasteiger partial charge in [0, 0.05) is 35.9 Å². The number of nitro benzene ring substituents is 1. The normalized spacial score (nSPS) is 14.0. The molecule has 5 nitrogen and oxygen atoms in total.